The van der Waals surface area contributed by atoms with Crippen LogP contribution in [0, 0.1) is 6.92 Å². The van der Waals surface area contributed by atoms with Crippen molar-refractivity contribution in [2.24, 2.45) is 0 Å². The van der Waals surface area contributed by atoms with E-state index in [9.17, 15) is 0 Å². The lowest BCUT2D eigenvalue weighted by Gasteiger charge is -2.44. The number of thiophene rings is 1. The van der Waals surface area contributed by atoms with E-state index in [0.717, 1.165) is 0 Å². The molecule has 0 radical (unpaired) electrons. The van der Waals surface area contributed by atoms with Gasteiger partial charge in [0, 0.05) is 33.0 Å². The number of anilines is 6. The van der Waals surface area contributed by atoms with E-state index in [1.54, 1.807) is 0 Å². The SMILES string of the molecule is Cc1cc2c3c(c1)N(c1ccc(C(C)(C)C)cc1-c1ccc4c(c1)C(C)(C)CCC4(C)C)c1sc4cc5c(cc4c1B3c1cc(C(C)(C)C)ccc1N2c1ccc(C(C)(C)C)cc1)C(C)(C)CCC5(C)C. The van der Waals surface area contributed by atoms with Gasteiger partial charge >= 0.3 is 0 Å². The van der Waals surface area contributed by atoms with Gasteiger partial charge in [-0.1, -0.05) is 166 Å². The van der Waals surface area contributed by atoms with Gasteiger partial charge in [-0.05, 0) is 197 Å². The standard InChI is InChI=1S/C67H79BN2S/c1-40-33-55-59-56(34-40)70(53-27-22-43(62(5,6)7)36-46(53)41-19-26-48-49(35-41)65(13,14)30-29-64(48,11)12)60-58(47-38-50-51(39-57(47)71-60)67(17,18)32-31-66(50,15)16)68(59)52-37-44(63(8,9)10)23-28-54(52)69(55)45-24-20-42(21-25-45)61(2,3)4/h19-28,33-39H,29-32H2,1-18H3. The normalized spacial score (nSPS) is 18.4. The maximum absolute atomic E-state index is 2.74. The van der Waals surface area contributed by atoms with Gasteiger partial charge in [0.2, 0.25) is 0 Å². The van der Waals surface area contributed by atoms with Crippen molar-refractivity contribution in [1.29, 1.82) is 0 Å². The summed E-state index contributed by atoms with van der Waals surface area (Å²) >= 11 is 2.03. The fourth-order valence-electron chi connectivity index (χ4n) is 13.0. The smallest absolute Gasteiger partial charge is 0.254 e. The molecule has 0 amide bonds. The molecule has 366 valence electrons. The van der Waals surface area contributed by atoms with Gasteiger partial charge in [-0.25, -0.2) is 0 Å². The van der Waals surface area contributed by atoms with Crippen LogP contribution in [0.15, 0.2) is 103 Å². The number of nitrogens with zero attached hydrogens (tertiary/aromatic N) is 2. The molecule has 0 saturated heterocycles. The van der Waals surface area contributed by atoms with Crippen molar-refractivity contribution < 1.29 is 0 Å². The first-order chi connectivity index (χ1) is 33.0. The van der Waals surface area contributed by atoms with Crippen LogP contribution in [-0.4, -0.2) is 6.71 Å². The largest absolute Gasteiger partial charge is 0.311 e. The molecule has 0 fully saturated rings. The fraction of sp³-hybridized carbons (Fsp3) is 0.433. The molecule has 3 heterocycles. The van der Waals surface area contributed by atoms with Crippen LogP contribution in [0.5, 0.6) is 0 Å². The molecular weight excluding hydrogens is 876 g/mol. The molecule has 2 aliphatic carbocycles. The van der Waals surface area contributed by atoms with Crippen LogP contribution in [0.2, 0.25) is 0 Å². The molecule has 11 rings (SSSR count). The third-order valence-electron chi connectivity index (χ3n) is 17.9. The fourth-order valence-corrected chi connectivity index (χ4v) is 14.3. The number of fused-ring (bicyclic) bond motifs is 8. The molecule has 0 spiro atoms. The summed E-state index contributed by atoms with van der Waals surface area (Å²) in [4.78, 5) is 5.35. The first kappa shape index (κ1) is 48.2. The molecular formula is C67H79BN2S. The third-order valence-corrected chi connectivity index (χ3v) is 19.1. The van der Waals surface area contributed by atoms with Crippen LogP contribution < -0.4 is 26.2 Å². The van der Waals surface area contributed by atoms with Gasteiger partial charge in [0.15, 0.2) is 0 Å². The molecule has 1 aromatic heterocycles. The minimum Gasteiger partial charge on any atom is -0.311 e. The second-order valence-electron chi connectivity index (χ2n) is 28.1. The number of hydrogen-bond donors (Lipinski definition) is 0. The number of hydrogen-bond acceptors (Lipinski definition) is 3. The van der Waals surface area contributed by atoms with E-state index in [2.05, 4.69) is 238 Å². The minimum absolute atomic E-state index is 0.0259. The van der Waals surface area contributed by atoms with Crippen LogP contribution in [-0.2, 0) is 37.9 Å². The maximum Gasteiger partial charge on any atom is 0.254 e. The van der Waals surface area contributed by atoms with Crippen molar-refractivity contribution in [2.75, 3.05) is 9.80 Å². The highest BCUT2D eigenvalue weighted by molar-refractivity contribution is 7.26. The van der Waals surface area contributed by atoms with Gasteiger partial charge in [-0.2, -0.15) is 0 Å². The minimum atomic E-state index is -0.0305. The summed E-state index contributed by atoms with van der Waals surface area (Å²) in [7, 11) is 0. The van der Waals surface area contributed by atoms with E-state index >= 15 is 0 Å². The Kier molecular flexibility index (Phi) is 10.5. The number of aryl methyl sites for hydroxylation is 1. The molecule has 2 aliphatic heterocycles. The van der Waals surface area contributed by atoms with E-state index in [0.29, 0.717) is 0 Å². The molecule has 0 N–H and O–H groups in total. The van der Waals surface area contributed by atoms with Crippen molar-refractivity contribution in [3.8, 4) is 11.1 Å². The lowest BCUT2D eigenvalue weighted by atomic mass is 9.33. The zero-order chi connectivity index (χ0) is 50.9. The van der Waals surface area contributed by atoms with Crippen LogP contribution in [0.4, 0.5) is 33.4 Å². The lowest BCUT2D eigenvalue weighted by Crippen LogP contribution is -2.61. The van der Waals surface area contributed by atoms with Gasteiger partial charge in [0.1, 0.15) is 0 Å². The quantitative estimate of drug-likeness (QED) is 0.163. The van der Waals surface area contributed by atoms with Crippen molar-refractivity contribution in [3.63, 3.8) is 0 Å². The van der Waals surface area contributed by atoms with E-state index in [1.165, 1.54) is 141 Å². The molecule has 7 aromatic rings. The lowest BCUT2D eigenvalue weighted by molar-refractivity contribution is 0.332. The van der Waals surface area contributed by atoms with Gasteiger partial charge in [0.25, 0.3) is 6.71 Å². The maximum atomic E-state index is 2.74. The van der Waals surface area contributed by atoms with Gasteiger partial charge < -0.3 is 9.80 Å². The second kappa shape index (κ2) is 15.5. The topological polar surface area (TPSA) is 6.48 Å². The molecule has 0 unspecified atom stereocenters. The summed E-state index contributed by atoms with van der Waals surface area (Å²) in [6, 6.07) is 42.3. The first-order valence-corrected chi connectivity index (χ1v) is 27.7. The molecule has 0 bridgehead atoms. The molecule has 0 atom stereocenters. The van der Waals surface area contributed by atoms with Gasteiger partial charge in [0.05, 0.1) is 10.7 Å². The Morgan fingerprint density at radius 2 is 0.944 bits per heavy atom. The molecule has 6 aromatic carbocycles. The van der Waals surface area contributed by atoms with Crippen LogP contribution in [0.3, 0.4) is 0 Å². The van der Waals surface area contributed by atoms with E-state index in [4.69, 9.17) is 0 Å². The van der Waals surface area contributed by atoms with Crippen molar-refractivity contribution in [3.05, 3.63) is 148 Å². The zero-order valence-electron chi connectivity index (χ0n) is 46.5. The second-order valence-corrected chi connectivity index (χ2v) is 29.2. The Bertz CT molecular complexity index is 3330. The van der Waals surface area contributed by atoms with E-state index in [-0.39, 0.29) is 44.6 Å². The summed E-state index contributed by atoms with van der Waals surface area (Å²) in [5.41, 5.74) is 25.0. The average Bonchev–Trinajstić information content (AvgIpc) is 3.66. The monoisotopic (exact) mass is 955 g/mol. The summed E-state index contributed by atoms with van der Waals surface area (Å²) in [6.45, 7) is 43.3. The molecule has 2 nitrogen and oxygen atoms in total. The Morgan fingerprint density at radius 3 is 1.52 bits per heavy atom. The van der Waals surface area contributed by atoms with Gasteiger partial charge in [-0.3, -0.25) is 0 Å². The molecule has 0 saturated carbocycles. The predicted molar refractivity (Wildman–Crippen MR) is 313 cm³/mol. The van der Waals surface area contributed by atoms with Crippen molar-refractivity contribution >= 4 is 78.0 Å². The third kappa shape index (κ3) is 7.60. The average molecular weight is 955 g/mol. The van der Waals surface area contributed by atoms with Crippen molar-refractivity contribution in [2.45, 2.75) is 188 Å². The molecule has 71 heavy (non-hydrogen) atoms. The summed E-state index contributed by atoms with van der Waals surface area (Å²) in [5.74, 6) is 0. The Hall–Kier alpha value is -5.06. The highest BCUT2D eigenvalue weighted by Gasteiger charge is 2.48. The first-order valence-electron chi connectivity index (χ1n) is 26.9. The van der Waals surface area contributed by atoms with Crippen LogP contribution in [0.25, 0.3) is 21.2 Å². The summed E-state index contributed by atoms with van der Waals surface area (Å²) in [5, 5.41) is 2.77. The molecule has 4 heteroatoms. The van der Waals surface area contributed by atoms with Crippen LogP contribution in [0.1, 0.15) is 188 Å². The van der Waals surface area contributed by atoms with E-state index < -0.39 is 0 Å². The predicted octanol–water partition coefficient (Wildman–Crippen LogP) is 17.5. The van der Waals surface area contributed by atoms with E-state index in [1.807, 2.05) is 11.3 Å². The Balaban J connectivity index is 1.27. The summed E-state index contributed by atoms with van der Waals surface area (Å²) in [6.07, 6.45) is 4.77. The Morgan fingerprint density at radius 1 is 0.451 bits per heavy atom. The van der Waals surface area contributed by atoms with Gasteiger partial charge in [-0.15, -0.1) is 11.3 Å². The molecule has 4 aliphatic rings. The Labute approximate surface area is 432 Å². The van der Waals surface area contributed by atoms with Crippen molar-refractivity contribution in [1.82, 2.24) is 0 Å². The highest BCUT2D eigenvalue weighted by atomic mass is 32.1. The van der Waals surface area contributed by atoms with Crippen LogP contribution >= 0.6 is 11.3 Å². The zero-order valence-corrected chi connectivity index (χ0v) is 47.3. The number of rotatable bonds is 3. The summed E-state index contributed by atoms with van der Waals surface area (Å²) < 4.78 is 1.40. The number of benzene rings is 6. The highest BCUT2D eigenvalue weighted by Crippen LogP contribution is 2.55.